The van der Waals surface area contributed by atoms with E-state index in [1.54, 1.807) is 24.0 Å². The lowest BCUT2D eigenvalue weighted by Gasteiger charge is -2.39. The fourth-order valence-electron chi connectivity index (χ4n) is 3.40. The third kappa shape index (κ3) is 3.84. The van der Waals surface area contributed by atoms with Crippen LogP contribution in [-0.4, -0.2) is 65.9 Å². The Morgan fingerprint density at radius 3 is 2.58 bits per heavy atom. The topological polar surface area (TPSA) is 81.8 Å². The van der Waals surface area contributed by atoms with Gasteiger partial charge in [-0.2, -0.15) is 0 Å². The molecular formula is C17H26N4O3. The van der Waals surface area contributed by atoms with Gasteiger partial charge < -0.3 is 10.2 Å². The Hall–Kier alpha value is -2.15. The van der Waals surface area contributed by atoms with E-state index in [2.05, 4.69) is 28.7 Å². The third-order valence-electron chi connectivity index (χ3n) is 4.80. The lowest BCUT2D eigenvalue weighted by Crippen LogP contribution is -2.56. The van der Waals surface area contributed by atoms with E-state index in [0.29, 0.717) is 26.2 Å². The van der Waals surface area contributed by atoms with E-state index in [9.17, 15) is 14.4 Å². The number of amides is 4. The minimum absolute atomic E-state index is 0.0144. The van der Waals surface area contributed by atoms with Crippen molar-refractivity contribution in [3.05, 3.63) is 25.3 Å². The summed E-state index contributed by atoms with van der Waals surface area (Å²) in [5, 5.41) is 5.05. The molecule has 0 unspecified atom stereocenters. The molecule has 2 fully saturated rings. The molecule has 0 aromatic rings. The third-order valence-corrected chi connectivity index (χ3v) is 4.80. The van der Waals surface area contributed by atoms with Gasteiger partial charge in [0.15, 0.2) is 0 Å². The van der Waals surface area contributed by atoms with Crippen LogP contribution in [0.4, 0.5) is 4.79 Å². The lowest BCUT2D eigenvalue weighted by molar-refractivity contribution is -0.132. The predicted molar refractivity (Wildman–Crippen MR) is 91.2 cm³/mol. The molecule has 2 saturated heterocycles. The number of urea groups is 1. The van der Waals surface area contributed by atoms with E-state index >= 15 is 0 Å². The zero-order chi connectivity index (χ0) is 17.7. The SMILES string of the molecule is C=CCN(CC=C)C(=O)CN1CCC[C@@H]([C@@]2(C)NC(=O)NC2=O)C1. The highest BCUT2D eigenvalue weighted by molar-refractivity contribution is 6.07. The summed E-state index contributed by atoms with van der Waals surface area (Å²) >= 11 is 0. The molecule has 0 bridgehead atoms. The van der Waals surface area contributed by atoms with Crippen molar-refractivity contribution in [3.8, 4) is 0 Å². The van der Waals surface area contributed by atoms with E-state index in [0.717, 1.165) is 19.4 Å². The number of hydrogen-bond acceptors (Lipinski definition) is 4. The Bertz CT molecular complexity index is 538. The number of rotatable bonds is 7. The Balaban J connectivity index is 1.99. The van der Waals surface area contributed by atoms with Crippen molar-refractivity contribution in [2.24, 2.45) is 5.92 Å². The van der Waals surface area contributed by atoms with Gasteiger partial charge in [0.1, 0.15) is 5.54 Å². The molecule has 2 atom stereocenters. The second-order valence-corrected chi connectivity index (χ2v) is 6.56. The molecule has 2 N–H and O–H groups in total. The van der Waals surface area contributed by atoms with Crippen molar-refractivity contribution >= 4 is 17.8 Å². The molecule has 0 saturated carbocycles. The summed E-state index contributed by atoms with van der Waals surface area (Å²) in [5.41, 5.74) is -0.902. The average molecular weight is 334 g/mol. The van der Waals surface area contributed by atoms with Crippen LogP contribution in [0.3, 0.4) is 0 Å². The number of imide groups is 1. The van der Waals surface area contributed by atoms with Gasteiger partial charge in [-0.3, -0.25) is 19.8 Å². The molecule has 0 aromatic carbocycles. The highest BCUT2D eigenvalue weighted by atomic mass is 16.2. The van der Waals surface area contributed by atoms with E-state index in [-0.39, 0.29) is 17.7 Å². The average Bonchev–Trinajstić information content (AvgIpc) is 2.81. The van der Waals surface area contributed by atoms with Crippen LogP contribution in [0.5, 0.6) is 0 Å². The van der Waals surface area contributed by atoms with Gasteiger partial charge in [-0.15, -0.1) is 13.2 Å². The minimum Gasteiger partial charge on any atom is -0.334 e. The van der Waals surface area contributed by atoms with Crippen LogP contribution in [0.2, 0.25) is 0 Å². The molecule has 0 aromatic heterocycles. The normalized spacial score (nSPS) is 27.3. The van der Waals surface area contributed by atoms with Crippen LogP contribution >= 0.6 is 0 Å². The highest BCUT2D eigenvalue weighted by Crippen LogP contribution is 2.29. The Kier molecular flexibility index (Phi) is 5.77. The second kappa shape index (κ2) is 7.61. The molecule has 2 rings (SSSR count). The number of likely N-dealkylation sites (tertiary alicyclic amines) is 1. The Labute approximate surface area is 142 Å². The Morgan fingerprint density at radius 2 is 2.04 bits per heavy atom. The summed E-state index contributed by atoms with van der Waals surface area (Å²) < 4.78 is 0. The van der Waals surface area contributed by atoms with Gasteiger partial charge in [-0.05, 0) is 26.3 Å². The predicted octanol–water partition coefficient (Wildman–Crippen LogP) is 0.497. The van der Waals surface area contributed by atoms with Crippen molar-refractivity contribution in [1.29, 1.82) is 0 Å². The summed E-state index contributed by atoms with van der Waals surface area (Å²) in [7, 11) is 0. The molecule has 2 aliphatic heterocycles. The highest BCUT2D eigenvalue weighted by Gasteiger charge is 2.49. The molecule has 2 heterocycles. The molecule has 4 amide bonds. The summed E-state index contributed by atoms with van der Waals surface area (Å²) in [6, 6.07) is -0.446. The van der Waals surface area contributed by atoms with Crippen molar-refractivity contribution in [2.75, 3.05) is 32.7 Å². The summed E-state index contributed by atoms with van der Waals surface area (Å²) in [5.74, 6) is -0.288. The first-order valence-corrected chi connectivity index (χ1v) is 8.26. The number of nitrogens with zero attached hydrogens (tertiary/aromatic N) is 2. The largest absolute Gasteiger partial charge is 0.334 e. The van der Waals surface area contributed by atoms with Crippen LogP contribution in [-0.2, 0) is 9.59 Å². The van der Waals surface area contributed by atoms with Crippen LogP contribution < -0.4 is 10.6 Å². The van der Waals surface area contributed by atoms with Crippen molar-refractivity contribution < 1.29 is 14.4 Å². The molecule has 0 aliphatic carbocycles. The number of carbonyl (C=O) groups is 3. The maximum atomic E-state index is 12.5. The first kappa shape index (κ1) is 18.2. The van der Waals surface area contributed by atoms with Gasteiger partial charge in [0.25, 0.3) is 5.91 Å². The molecule has 7 nitrogen and oxygen atoms in total. The van der Waals surface area contributed by atoms with Crippen molar-refractivity contribution in [3.63, 3.8) is 0 Å². The number of hydrogen-bond donors (Lipinski definition) is 2. The van der Waals surface area contributed by atoms with Gasteiger partial charge >= 0.3 is 6.03 Å². The molecule has 0 radical (unpaired) electrons. The monoisotopic (exact) mass is 334 g/mol. The van der Waals surface area contributed by atoms with Gasteiger partial charge in [-0.25, -0.2) is 4.79 Å². The van der Waals surface area contributed by atoms with Gasteiger partial charge in [0.05, 0.1) is 6.54 Å². The van der Waals surface area contributed by atoms with E-state index < -0.39 is 11.6 Å². The molecule has 2 aliphatic rings. The quantitative estimate of drug-likeness (QED) is 0.525. The number of carbonyl (C=O) groups excluding carboxylic acids is 3. The fraction of sp³-hybridized carbons (Fsp3) is 0.588. The van der Waals surface area contributed by atoms with E-state index in [1.165, 1.54) is 0 Å². The summed E-state index contributed by atoms with van der Waals surface area (Å²) in [6.45, 7) is 11.8. The Morgan fingerprint density at radius 1 is 1.38 bits per heavy atom. The van der Waals surface area contributed by atoms with Crippen LogP contribution in [0, 0.1) is 5.92 Å². The molecule has 7 heteroatoms. The van der Waals surface area contributed by atoms with Gasteiger partial charge in [-0.1, -0.05) is 12.2 Å². The fourth-order valence-corrected chi connectivity index (χ4v) is 3.40. The van der Waals surface area contributed by atoms with Crippen LogP contribution in [0.15, 0.2) is 25.3 Å². The first-order chi connectivity index (χ1) is 11.4. The van der Waals surface area contributed by atoms with Gasteiger partial charge in [0, 0.05) is 25.6 Å². The van der Waals surface area contributed by atoms with E-state index in [1.807, 2.05) is 0 Å². The molecule has 132 valence electrons. The van der Waals surface area contributed by atoms with Crippen molar-refractivity contribution in [1.82, 2.24) is 20.4 Å². The van der Waals surface area contributed by atoms with Gasteiger partial charge in [0.2, 0.25) is 5.91 Å². The maximum absolute atomic E-state index is 12.5. The standard InChI is InChI=1S/C17H26N4O3/c1-4-8-21(9-5-2)14(22)12-20-10-6-7-13(11-20)17(3)15(23)18-16(24)19-17/h4-5,13H,1-2,6-12H2,3H3,(H2,18,19,23,24)/t13-,17-/m1/s1. The number of piperidine rings is 1. The summed E-state index contributed by atoms with van der Waals surface area (Å²) in [6.07, 6.45) is 5.12. The van der Waals surface area contributed by atoms with Crippen molar-refractivity contribution in [2.45, 2.75) is 25.3 Å². The minimum atomic E-state index is -0.902. The first-order valence-electron chi connectivity index (χ1n) is 8.26. The molecule has 0 spiro atoms. The molecular weight excluding hydrogens is 308 g/mol. The summed E-state index contributed by atoms with van der Waals surface area (Å²) in [4.78, 5) is 39.8. The van der Waals surface area contributed by atoms with Crippen LogP contribution in [0.25, 0.3) is 0 Å². The smallest absolute Gasteiger partial charge is 0.322 e. The molecule has 24 heavy (non-hydrogen) atoms. The van der Waals surface area contributed by atoms with Crippen LogP contribution in [0.1, 0.15) is 19.8 Å². The lowest BCUT2D eigenvalue weighted by atomic mass is 9.80. The maximum Gasteiger partial charge on any atom is 0.322 e. The number of nitrogens with one attached hydrogen (secondary N) is 2. The zero-order valence-corrected chi connectivity index (χ0v) is 14.2. The zero-order valence-electron chi connectivity index (χ0n) is 14.2. The van der Waals surface area contributed by atoms with E-state index in [4.69, 9.17) is 0 Å². The second-order valence-electron chi connectivity index (χ2n) is 6.56.